The van der Waals surface area contributed by atoms with Crippen molar-refractivity contribution in [2.45, 2.75) is 52.4 Å². The van der Waals surface area contributed by atoms with Gasteiger partial charge in [-0.05, 0) is 23.5 Å². The smallest absolute Gasteiger partial charge is 0.311 e. The number of nitrogens with zero attached hydrogens (tertiary/aromatic N) is 3. The zero-order valence-corrected chi connectivity index (χ0v) is 14.6. The molecule has 0 saturated carbocycles. The summed E-state index contributed by atoms with van der Waals surface area (Å²) < 4.78 is 7.42. The van der Waals surface area contributed by atoms with Crippen molar-refractivity contribution in [3.63, 3.8) is 0 Å². The lowest BCUT2D eigenvalue weighted by Gasteiger charge is -2.23. The molecular formula is C18H25N3O2. The number of rotatable bonds is 5. The molecule has 0 N–H and O–H groups in total. The Balaban J connectivity index is 2.09. The molecule has 124 valence electrons. The van der Waals surface area contributed by atoms with E-state index in [9.17, 15) is 4.79 Å². The number of aryl methyl sites for hydroxylation is 3. The Morgan fingerprint density at radius 2 is 2.04 bits per heavy atom. The van der Waals surface area contributed by atoms with Gasteiger partial charge in [-0.3, -0.25) is 4.79 Å². The van der Waals surface area contributed by atoms with Crippen LogP contribution in [0.25, 0.3) is 0 Å². The molecule has 0 aliphatic rings. The minimum atomic E-state index is -0.247. The topological polar surface area (TPSA) is 57.0 Å². The van der Waals surface area contributed by atoms with Crippen molar-refractivity contribution in [3.05, 3.63) is 41.5 Å². The van der Waals surface area contributed by atoms with E-state index in [2.05, 4.69) is 44.0 Å². The summed E-state index contributed by atoms with van der Waals surface area (Å²) in [4.78, 5) is 12.2. The highest BCUT2D eigenvalue weighted by molar-refractivity contribution is 5.73. The van der Waals surface area contributed by atoms with Gasteiger partial charge in [0.25, 0.3) is 0 Å². The first-order valence-electron chi connectivity index (χ1n) is 7.98. The Hall–Kier alpha value is -2.17. The highest BCUT2D eigenvalue weighted by Gasteiger charge is 2.21. The number of ether oxygens (including phenoxy) is 1. The highest BCUT2D eigenvalue weighted by Crippen LogP contribution is 2.32. The summed E-state index contributed by atoms with van der Waals surface area (Å²) in [6.45, 7) is 8.49. The van der Waals surface area contributed by atoms with Crippen LogP contribution in [0.3, 0.4) is 0 Å². The fourth-order valence-electron chi connectivity index (χ4n) is 2.39. The van der Waals surface area contributed by atoms with Crippen molar-refractivity contribution >= 4 is 5.97 Å². The zero-order valence-electron chi connectivity index (χ0n) is 14.6. The Morgan fingerprint density at radius 1 is 1.30 bits per heavy atom. The van der Waals surface area contributed by atoms with Crippen LogP contribution in [0.4, 0.5) is 0 Å². The van der Waals surface area contributed by atoms with E-state index in [4.69, 9.17) is 4.74 Å². The van der Waals surface area contributed by atoms with E-state index < -0.39 is 0 Å². The molecule has 0 amide bonds. The second-order valence-corrected chi connectivity index (χ2v) is 6.77. The highest BCUT2D eigenvalue weighted by atomic mass is 16.5. The van der Waals surface area contributed by atoms with Crippen molar-refractivity contribution in [1.82, 2.24) is 14.8 Å². The third-order valence-corrected chi connectivity index (χ3v) is 3.84. The van der Waals surface area contributed by atoms with Gasteiger partial charge in [0.1, 0.15) is 17.9 Å². The predicted octanol–water partition coefficient (Wildman–Crippen LogP) is 3.21. The third kappa shape index (κ3) is 4.41. The van der Waals surface area contributed by atoms with E-state index in [-0.39, 0.29) is 17.8 Å². The number of benzene rings is 1. The summed E-state index contributed by atoms with van der Waals surface area (Å²) in [7, 11) is 1.86. The predicted molar refractivity (Wildman–Crippen MR) is 89.5 cm³/mol. The summed E-state index contributed by atoms with van der Waals surface area (Å²) in [5.41, 5.74) is 2.22. The molecule has 2 aromatic rings. The maximum absolute atomic E-state index is 12.2. The lowest BCUT2D eigenvalue weighted by atomic mass is 9.85. The molecule has 1 heterocycles. The van der Waals surface area contributed by atoms with Crippen LogP contribution in [0, 0.1) is 0 Å². The van der Waals surface area contributed by atoms with Crippen LogP contribution < -0.4 is 4.74 Å². The van der Waals surface area contributed by atoms with E-state index in [0.717, 1.165) is 17.8 Å². The minimum Gasteiger partial charge on any atom is -0.426 e. The fourth-order valence-corrected chi connectivity index (χ4v) is 2.39. The maximum atomic E-state index is 12.2. The maximum Gasteiger partial charge on any atom is 0.311 e. The number of carbonyl (C=O) groups is 1. The SMILES string of the molecule is CCc1ccc(OC(=O)CCc2nncn2C)c(C(C)(C)C)c1. The molecule has 5 nitrogen and oxygen atoms in total. The van der Waals surface area contributed by atoms with Crippen molar-refractivity contribution < 1.29 is 9.53 Å². The van der Waals surface area contributed by atoms with Crippen LogP contribution >= 0.6 is 0 Å². The summed E-state index contributed by atoms with van der Waals surface area (Å²) >= 11 is 0. The largest absolute Gasteiger partial charge is 0.426 e. The second kappa shape index (κ2) is 6.94. The van der Waals surface area contributed by atoms with Crippen LogP contribution in [-0.4, -0.2) is 20.7 Å². The van der Waals surface area contributed by atoms with Crippen molar-refractivity contribution in [2.75, 3.05) is 0 Å². The molecule has 0 unspecified atom stereocenters. The molecule has 0 spiro atoms. The Kier molecular flexibility index (Phi) is 5.19. The van der Waals surface area contributed by atoms with E-state index in [1.807, 2.05) is 23.7 Å². The molecule has 5 heteroatoms. The van der Waals surface area contributed by atoms with Gasteiger partial charge < -0.3 is 9.30 Å². The normalized spacial score (nSPS) is 11.5. The van der Waals surface area contributed by atoms with E-state index in [0.29, 0.717) is 12.2 Å². The van der Waals surface area contributed by atoms with Crippen molar-refractivity contribution in [2.24, 2.45) is 7.05 Å². The van der Waals surface area contributed by atoms with Gasteiger partial charge in [-0.25, -0.2) is 0 Å². The molecule has 23 heavy (non-hydrogen) atoms. The summed E-state index contributed by atoms with van der Waals surface area (Å²) in [5.74, 6) is 1.18. The molecule has 2 rings (SSSR count). The van der Waals surface area contributed by atoms with Gasteiger partial charge in [-0.15, -0.1) is 10.2 Å². The Bertz CT molecular complexity index is 684. The van der Waals surface area contributed by atoms with E-state index in [1.165, 1.54) is 5.56 Å². The van der Waals surface area contributed by atoms with Crippen LogP contribution in [0.1, 0.15) is 51.1 Å². The molecule has 0 bridgehead atoms. The first-order chi connectivity index (χ1) is 10.8. The van der Waals surface area contributed by atoms with Crippen molar-refractivity contribution in [3.8, 4) is 5.75 Å². The average molecular weight is 315 g/mol. The Labute approximate surface area is 137 Å². The Morgan fingerprint density at radius 3 is 2.61 bits per heavy atom. The van der Waals surface area contributed by atoms with Gasteiger partial charge in [0, 0.05) is 19.0 Å². The number of aromatic nitrogens is 3. The first kappa shape index (κ1) is 17.2. The van der Waals surface area contributed by atoms with Crippen LogP contribution in [0.2, 0.25) is 0 Å². The molecular weight excluding hydrogens is 290 g/mol. The summed E-state index contributed by atoms with van der Waals surface area (Å²) in [6, 6.07) is 6.05. The summed E-state index contributed by atoms with van der Waals surface area (Å²) in [5, 5.41) is 7.79. The second-order valence-electron chi connectivity index (χ2n) is 6.77. The minimum absolute atomic E-state index is 0.0790. The first-order valence-corrected chi connectivity index (χ1v) is 7.98. The van der Waals surface area contributed by atoms with Crippen LogP contribution in [0.15, 0.2) is 24.5 Å². The molecule has 0 atom stereocenters. The van der Waals surface area contributed by atoms with Gasteiger partial charge in [0.15, 0.2) is 0 Å². The molecule has 0 aliphatic carbocycles. The number of hydrogen-bond acceptors (Lipinski definition) is 4. The standard InChI is InChI=1S/C18H25N3O2/c1-6-13-7-8-15(14(11-13)18(2,3)4)23-17(22)10-9-16-20-19-12-21(16)5/h7-8,11-12H,6,9-10H2,1-5H3. The molecule has 1 aromatic heterocycles. The van der Waals surface area contributed by atoms with E-state index >= 15 is 0 Å². The molecule has 0 radical (unpaired) electrons. The monoisotopic (exact) mass is 315 g/mol. The molecule has 1 aromatic carbocycles. The van der Waals surface area contributed by atoms with E-state index in [1.54, 1.807) is 6.33 Å². The van der Waals surface area contributed by atoms with Crippen LogP contribution in [0.5, 0.6) is 5.75 Å². The van der Waals surface area contributed by atoms with Gasteiger partial charge in [-0.2, -0.15) is 0 Å². The average Bonchev–Trinajstić information content (AvgIpc) is 2.90. The lowest BCUT2D eigenvalue weighted by molar-refractivity contribution is -0.134. The van der Waals surface area contributed by atoms with Crippen molar-refractivity contribution in [1.29, 1.82) is 0 Å². The van der Waals surface area contributed by atoms with Gasteiger partial charge in [0.05, 0.1) is 6.42 Å². The number of hydrogen-bond donors (Lipinski definition) is 0. The third-order valence-electron chi connectivity index (χ3n) is 3.84. The van der Waals surface area contributed by atoms with Gasteiger partial charge in [0.2, 0.25) is 0 Å². The van der Waals surface area contributed by atoms with Gasteiger partial charge >= 0.3 is 5.97 Å². The van der Waals surface area contributed by atoms with Crippen LogP contribution in [-0.2, 0) is 30.1 Å². The lowest BCUT2D eigenvalue weighted by Crippen LogP contribution is -2.17. The quantitative estimate of drug-likeness (QED) is 0.628. The number of esters is 1. The fraction of sp³-hybridized carbons (Fsp3) is 0.500. The van der Waals surface area contributed by atoms with Gasteiger partial charge in [-0.1, -0.05) is 39.8 Å². The molecule has 0 saturated heterocycles. The molecule has 0 aliphatic heterocycles. The summed E-state index contributed by atoms with van der Waals surface area (Å²) in [6.07, 6.45) is 3.39. The zero-order chi connectivity index (χ0) is 17.0. The molecule has 0 fully saturated rings. The number of carbonyl (C=O) groups excluding carboxylic acids is 1.